The first-order valence-electron chi connectivity index (χ1n) is 10.4. The van der Waals surface area contributed by atoms with Crippen LogP contribution in [0.3, 0.4) is 0 Å². The Labute approximate surface area is 177 Å². The molecule has 0 unspecified atom stereocenters. The summed E-state index contributed by atoms with van der Waals surface area (Å²) in [5, 5.41) is 2.90. The highest BCUT2D eigenvalue weighted by Crippen LogP contribution is 2.19. The molecule has 7 nitrogen and oxygen atoms in total. The van der Waals surface area contributed by atoms with Crippen molar-refractivity contribution in [3.05, 3.63) is 54.6 Å². The van der Waals surface area contributed by atoms with E-state index in [1.807, 2.05) is 54.6 Å². The Morgan fingerprint density at radius 3 is 2.53 bits per heavy atom. The van der Waals surface area contributed by atoms with Gasteiger partial charge in [0.15, 0.2) is 0 Å². The molecule has 3 aromatic rings. The number of carbonyl (C=O) groups excluding carboxylic acids is 1. The predicted octanol–water partition coefficient (Wildman–Crippen LogP) is 3.41. The second kappa shape index (κ2) is 11.3. The molecule has 0 saturated carbocycles. The molecule has 1 heterocycles. The molecule has 160 valence electrons. The number of hydrogen-bond donors (Lipinski definition) is 1. The van der Waals surface area contributed by atoms with Gasteiger partial charge in [0.25, 0.3) is 5.91 Å². The van der Waals surface area contributed by atoms with Gasteiger partial charge in [-0.25, -0.2) is 4.98 Å². The number of ether oxygens (including phenoxy) is 2. The highest BCUT2D eigenvalue weighted by molar-refractivity contribution is 5.92. The first-order valence-corrected chi connectivity index (χ1v) is 10.4. The lowest BCUT2D eigenvalue weighted by Gasteiger charge is -2.19. The van der Waals surface area contributed by atoms with Crippen molar-refractivity contribution in [2.45, 2.75) is 20.4 Å². The van der Waals surface area contributed by atoms with E-state index in [1.54, 1.807) is 0 Å². The third kappa shape index (κ3) is 6.05. The van der Waals surface area contributed by atoms with Gasteiger partial charge in [-0.15, -0.1) is 0 Å². The van der Waals surface area contributed by atoms with E-state index >= 15 is 0 Å². The van der Waals surface area contributed by atoms with Crippen molar-refractivity contribution in [1.29, 1.82) is 0 Å². The first kappa shape index (κ1) is 21.8. The lowest BCUT2D eigenvalue weighted by atomic mass is 10.3. The van der Waals surface area contributed by atoms with Gasteiger partial charge in [0.1, 0.15) is 19.0 Å². The molecule has 0 aliphatic carbocycles. The first-order chi connectivity index (χ1) is 14.7. The highest BCUT2D eigenvalue weighted by Gasteiger charge is 2.14. The van der Waals surface area contributed by atoms with E-state index < -0.39 is 0 Å². The number of nitrogens with one attached hydrogen (secondary N) is 1. The van der Waals surface area contributed by atoms with Crippen molar-refractivity contribution < 1.29 is 14.3 Å². The Morgan fingerprint density at radius 1 is 1.03 bits per heavy atom. The summed E-state index contributed by atoms with van der Waals surface area (Å²) in [6, 6.07) is 17.4. The molecule has 0 aliphatic rings. The number of imidazole rings is 1. The van der Waals surface area contributed by atoms with Gasteiger partial charge in [-0.2, -0.15) is 0 Å². The van der Waals surface area contributed by atoms with Crippen LogP contribution in [0.5, 0.6) is 5.75 Å². The van der Waals surface area contributed by atoms with E-state index in [2.05, 4.69) is 33.6 Å². The molecule has 7 heteroatoms. The molecular formula is C23H30N4O3. The van der Waals surface area contributed by atoms with E-state index in [-0.39, 0.29) is 12.5 Å². The number of para-hydroxylation sites is 3. The number of amides is 1. The summed E-state index contributed by atoms with van der Waals surface area (Å²) in [6.07, 6.45) is 0. The largest absolute Gasteiger partial charge is 0.491 e. The fraction of sp³-hybridized carbons (Fsp3) is 0.391. The zero-order valence-electron chi connectivity index (χ0n) is 17.7. The van der Waals surface area contributed by atoms with Gasteiger partial charge in [0.05, 0.1) is 17.6 Å². The van der Waals surface area contributed by atoms with Gasteiger partial charge >= 0.3 is 0 Å². The lowest BCUT2D eigenvalue weighted by molar-refractivity contribution is -0.120. The normalized spacial score (nSPS) is 11.2. The maximum absolute atomic E-state index is 12.4. The molecule has 1 N–H and O–H groups in total. The maximum atomic E-state index is 12.4. The van der Waals surface area contributed by atoms with Gasteiger partial charge in [0, 0.05) is 13.1 Å². The van der Waals surface area contributed by atoms with E-state index in [0.29, 0.717) is 19.2 Å². The van der Waals surface area contributed by atoms with E-state index in [1.165, 1.54) is 0 Å². The predicted molar refractivity (Wildman–Crippen MR) is 119 cm³/mol. The van der Waals surface area contributed by atoms with Crippen LogP contribution in [0.1, 0.15) is 13.8 Å². The van der Waals surface area contributed by atoms with E-state index in [0.717, 1.165) is 43.0 Å². The molecule has 3 rings (SSSR count). The number of carbonyl (C=O) groups is 1. The van der Waals surface area contributed by atoms with Crippen LogP contribution in [0.25, 0.3) is 11.0 Å². The van der Waals surface area contributed by atoms with Crippen LogP contribution >= 0.6 is 0 Å². The molecule has 2 aromatic carbocycles. The summed E-state index contributed by atoms with van der Waals surface area (Å²) in [6.45, 7) is 8.60. The van der Waals surface area contributed by atoms with Crippen LogP contribution in [-0.4, -0.2) is 59.8 Å². The third-order valence-electron chi connectivity index (χ3n) is 4.91. The Morgan fingerprint density at radius 2 is 1.77 bits per heavy atom. The van der Waals surface area contributed by atoms with E-state index in [9.17, 15) is 4.79 Å². The second-order valence-corrected chi connectivity index (χ2v) is 6.86. The minimum atomic E-state index is -0.228. The Kier molecular flexibility index (Phi) is 8.23. The van der Waals surface area contributed by atoms with Crippen molar-refractivity contribution in [2.75, 3.05) is 44.8 Å². The Hall–Kier alpha value is -2.90. The topological polar surface area (TPSA) is 68.6 Å². The van der Waals surface area contributed by atoms with Crippen LogP contribution in [0.4, 0.5) is 5.95 Å². The standard InChI is InChI=1S/C23H30N4O3/c1-3-26(4-2)14-15-27-21-13-9-8-12-20(21)24-23(27)25-22(28)18-29-16-17-30-19-10-6-5-7-11-19/h5-13H,3-4,14-18H2,1-2H3,(H,24,25,28). The molecule has 0 atom stereocenters. The van der Waals surface area contributed by atoms with Crippen LogP contribution in [0.15, 0.2) is 54.6 Å². The van der Waals surface area contributed by atoms with Crippen molar-refractivity contribution in [3.63, 3.8) is 0 Å². The average molecular weight is 411 g/mol. The van der Waals surface area contributed by atoms with Gasteiger partial charge in [-0.1, -0.05) is 44.2 Å². The number of fused-ring (bicyclic) bond motifs is 1. The lowest BCUT2D eigenvalue weighted by Crippen LogP contribution is -2.28. The average Bonchev–Trinajstić information content (AvgIpc) is 3.12. The molecular weight excluding hydrogens is 380 g/mol. The fourth-order valence-electron chi connectivity index (χ4n) is 3.24. The quantitative estimate of drug-likeness (QED) is 0.464. The highest BCUT2D eigenvalue weighted by atomic mass is 16.5. The Balaban J connectivity index is 1.53. The zero-order chi connectivity index (χ0) is 21.2. The number of hydrogen-bond acceptors (Lipinski definition) is 5. The fourth-order valence-corrected chi connectivity index (χ4v) is 3.24. The number of nitrogens with zero attached hydrogens (tertiary/aromatic N) is 3. The second-order valence-electron chi connectivity index (χ2n) is 6.86. The van der Waals surface area contributed by atoms with Crippen molar-refractivity contribution in [1.82, 2.24) is 14.5 Å². The van der Waals surface area contributed by atoms with Crippen LogP contribution in [0.2, 0.25) is 0 Å². The number of benzene rings is 2. The summed E-state index contributed by atoms with van der Waals surface area (Å²) in [7, 11) is 0. The number of likely N-dealkylation sites (N-methyl/N-ethyl adjacent to an activating group) is 1. The Bertz CT molecular complexity index is 923. The van der Waals surface area contributed by atoms with Gasteiger partial charge in [-0.3, -0.25) is 10.1 Å². The van der Waals surface area contributed by atoms with Crippen LogP contribution in [0, 0.1) is 0 Å². The van der Waals surface area contributed by atoms with Crippen molar-refractivity contribution >= 4 is 22.9 Å². The molecule has 0 saturated heterocycles. The van der Waals surface area contributed by atoms with E-state index in [4.69, 9.17) is 9.47 Å². The molecule has 0 fully saturated rings. The smallest absolute Gasteiger partial charge is 0.252 e. The SMILES string of the molecule is CCN(CC)CCn1c(NC(=O)COCCOc2ccccc2)nc2ccccc21. The molecule has 30 heavy (non-hydrogen) atoms. The molecule has 0 spiro atoms. The number of rotatable bonds is 12. The van der Waals surface area contributed by atoms with Crippen molar-refractivity contribution in [2.24, 2.45) is 0 Å². The van der Waals surface area contributed by atoms with Crippen molar-refractivity contribution in [3.8, 4) is 5.75 Å². The molecule has 0 bridgehead atoms. The minimum Gasteiger partial charge on any atom is -0.491 e. The number of anilines is 1. The molecule has 0 radical (unpaired) electrons. The summed E-state index contributed by atoms with van der Waals surface area (Å²) >= 11 is 0. The molecule has 0 aliphatic heterocycles. The summed E-state index contributed by atoms with van der Waals surface area (Å²) in [5.74, 6) is 1.11. The molecule has 1 aromatic heterocycles. The molecule has 1 amide bonds. The maximum Gasteiger partial charge on any atom is 0.252 e. The number of aromatic nitrogens is 2. The monoisotopic (exact) mass is 410 g/mol. The van der Waals surface area contributed by atoms with Gasteiger partial charge in [-0.05, 0) is 37.4 Å². The third-order valence-corrected chi connectivity index (χ3v) is 4.91. The van der Waals surface area contributed by atoms with Gasteiger partial charge < -0.3 is 18.9 Å². The van der Waals surface area contributed by atoms with Crippen LogP contribution in [-0.2, 0) is 16.1 Å². The van der Waals surface area contributed by atoms with Crippen LogP contribution < -0.4 is 10.1 Å². The summed E-state index contributed by atoms with van der Waals surface area (Å²) in [5.41, 5.74) is 1.88. The zero-order valence-corrected chi connectivity index (χ0v) is 17.7. The summed E-state index contributed by atoms with van der Waals surface area (Å²) < 4.78 is 13.1. The summed E-state index contributed by atoms with van der Waals surface area (Å²) in [4.78, 5) is 19.3. The minimum absolute atomic E-state index is 0.0442. The van der Waals surface area contributed by atoms with Gasteiger partial charge in [0.2, 0.25) is 5.95 Å².